The van der Waals surface area contributed by atoms with E-state index < -0.39 is 0 Å². The molecular formula is C22H21N3O. The van der Waals surface area contributed by atoms with Gasteiger partial charge in [0.2, 0.25) is 0 Å². The van der Waals surface area contributed by atoms with E-state index in [1.54, 1.807) is 6.07 Å². The third-order valence-electron chi connectivity index (χ3n) is 4.55. The van der Waals surface area contributed by atoms with Crippen molar-refractivity contribution >= 4 is 10.8 Å². The van der Waals surface area contributed by atoms with Crippen LogP contribution in [0.3, 0.4) is 0 Å². The lowest BCUT2D eigenvalue weighted by Crippen LogP contribution is -2.17. The second kappa shape index (κ2) is 7.02. The second-order valence-corrected chi connectivity index (χ2v) is 6.59. The van der Waals surface area contributed by atoms with E-state index in [-0.39, 0.29) is 0 Å². The number of phenols is 1. The standard InChI is InChI=1S/C22H21N3O/c1-24(14-17-13-23-25(15-17)19-8-3-2-4-9-19)16-21-20-10-6-5-7-18(20)11-12-22(21)26/h2-13,15,26H,14,16H2,1H3. The number of rotatable bonds is 5. The molecular weight excluding hydrogens is 322 g/mol. The summed E-state index contributed by atoms with van der Waals surface area (Å²) >= 11 is 0. The molecule has 0 fully saturated rings. The Morgan fingerprint density at radius 1 is 0.923 bits per heavy atom. The van der Waals surface area contributed by atoms with E-state index >= 15 is 0 Å². The van der Waals surface area contributed by atoms with Crippen LogP contribution in [0.1, 0.15) is 11.1 Å². The summed E-state index contributed by atoms with van der Waals surface area (Å²) in [5, 5.41) is 17.0. The minimum Gasteiger partial charge on any atom is -0.508 e. The van der Waals surface area contributed by atoms with Crippen LogP contribution in [-0.2, 0) is 13.1 Å². The highest BCUT2D eigenvalue weighted by Gasteiger charge is 2.11. The molecule has 0 aliphatic heterocycles. The quantitative estimate of drug-likeness (QED) is 0.585. The highest BCUT2D eigenvalue weighted by Crippen LogP contribution is 2.28. The van der Waals surface area contributed by atoms with Crippen molar-refractivity contribution in [1.82, 2.24) is 14.7 Å². The lowest BCUT2D eigenvalue weighted by molar-refractivity contribution is 0.314. The Labute approximate surface area is 152 Å². The molecule has 0 saturated carbocycles. The zero-order chi connectivity index (χ0) is 17.9. The number of aromatic hydroxyl groups is 1. The lowest BCUT2D eigenvalue weighted by atomic mass is 10.0. The van der Waals surface area contributed by atoms with Gasteiger partial charge in [-0.15, -0.1) is 0 Å². The van der Waals surface area contributed by atoms with Gasteiger partial charge in [0.1, 0.15) is 5.75 Å². The molecule has 1 heterocycles. The number of fused-ring (bicyclic) bond motifs is 1. The van der Waals surface area contributed by atoms with Gasteiger partial charge in [0.25, 0.3) is 0 Å². The summed E-state index contributed by atoms with van der Waals surface area (Å²) in [5.74, 6) is 0.343. The molecule has 4 rings (SSSR count). The van der Waals surface area contributed by atoms with Crippen LogP contribution in [0, 0.1) is 0 Å². The molecule has 4 heteroatoms. The first-order valence-electron chi connectivity index (χ1n) is 8.68. The van der Waals surface area contributed by atoms with E-state index in [2.05, 4.69) is 35.4 Å². The van der Waals surface area contributed by atoms with Crippen molar-refractivity contribution in [2.45, 2.75) is 13.1 Å². The molecule has 4 nitrogen and oxygen atoms in total. The van der Waals surface area contributed by atoms with Gasteiger partial charge in [-0.3, -0.25) is 4.90 Å². The maximum Gasteiger partial charge on any atom is 0.120 e. The molecule has 0 saturated heterocycles. The van der Waals surface area contributed by atoms with Gasteiger partial charge in [0.15, 0.2) is 0 Å². The smallest absolute Gasteiger partial charge is 0.120 e. The Bertz CT molecular complexity index is 1020. The monoisotopic (exact) mass is 343 g/mol. The zero-order valence-corrected chi connectivity index (χ0v) is 14.7. The van der Waals surface area contributed by atoms with Crippen LogP contribution >= 0.6 is 0 Å². The van der Waals surface area contributed by atoms with E-state index in [9.17, 15) is 5.11 Å². The zero-order valence-electron chi connectivity index (χ0n) is 14.7. The minimum atomic E-state index is 0.343. The Morgan fingerprint density at radius 2 is 1.69 bits per heavy atom. The molecule has 0 radical (unpaired) electrons. The van der Waals surface area contributed by atoms with Crippen LogP contribution in [0.2, 0.25) is 0 Å². The average molecular weight is 343 g/mol. The molecule has 0 aliphatic rings. The third kappa shape index (κ3) is 3.32. The highest BCUT2D eigenvalue weighted by molar-refractivity contribution is 5.87. The highest BCUT2D eigenvalue weighted by atomic mass is 16.3. The SMILES string of the molecule is CN(Cc1cnn(-c2ccccc2)c1)Cc1c(O)ccc2ccccc12. The number of aromatic nitrogens is 2. The van der Waals surface area contributed by atoms with Crippen molar-refractivity contribution in [1.29, 1.82) is 0 Å². The molecule has 1 N–H and O–H groups in total. The maximum atomic E-state index is 10.3. The van der Waals surface area contributed by atoms with E-state index in [0.29, 0.717) is 12.3 Å². The van der Waals surface area contributed by atoms with Crippen molar-refractivity contribution in [3.63, 3.8) is 0 Å². The van der Waals surface area contributed by atoms with Gasteiger partial charge >= 0.3 is 0 Å². The Hall–Kier alpha value is -3.11. The fourth-order valence-electron chi connectivity index (χ4n) is 3.29. The van der Waals surface area contributed by atoms with Crippen LogP contribution in [0.15, 0.2) is 79.1 Å². The summed E-state index contributed by atoms with van der Waals surface area (Å²) in [6.07, 6.45) is 3.95. The molecule has 130 valence electrons. The Kier molecular flexibility index (Phi) is 4.42. The second-order valence-electron chi connectivity index (χ2n) is 6.59. The van der Waals surface area contributed by atoms with Gasteiger partial charge in [-0.05, 0) is 36.0 Å². The summed E-state index contributed by atoms with van der Waals surface area (Å²) in [5.41, 5.74) is 3.14. The minimum absolute atomic E-state index is 0.343. The van der Waals surface area contributed by atoms with Crippen molar-refractivity contribution in [2.75, 3.05) is 7.05 Å². The molecule has 0 unspecified atom stereocenters. The predicted molar refractivity (Wildman–Crippen MR) is 104 cm³/mol. The van der Waals surface area contributed by atoms with E-state index in [1.165, 1.54) is 0 Å². The summed E-state index contributed by atoms with van der Waals surface area (Å²) < 4.78 is 1.89. The van der Waals surface area contributed by atoms with Gasteiger partial charge < -0.3 is 5.11 Å². The van der Waals surface area contributed by atoms with Gasteiger partial charge in [-0.2, -0.15) is 5.10 Å². The predicted octanol–water partition coefficient (Wildman–Crippen LogP) is 4.36. The molecule has 0 amide bonds. The first kappa shape index (κ1) is 16.4. The number of phenolic OH excluding ortho intramolecular Hbond substituents is 1. The molecule has 1 aromatic heterocycles. The van der Waals surface area contributed by atoms with Crippen LogP contribution in [-0.4, -0.2) is 26.8 Å². The van der Waals surface area contributed by atoms with Crippen molar-refractivity contribution < 1.29 is 5.11 Å². The van der Waals surface area contributed by atoms with E-state index in [0.717, 1.165) is 34.1 Å². The summed E-state index contributed by atoms with van der Waals surface area (Å²) in [4.78, 5) is 2.19. The largest absolute Gasteiger partial charge is 0.508 e. The summed E-state index contributed by atoms with van der Waals surface area (Å²) in [6.45, 7) is 1.43. The normalized spacial score (nSPS) is 11.3. The molecule has 3 aromatic carbocycles. The van der Waals surface area contributed by atoms with E-state index in [1.807, 2.05) is 59.4 Å². The summed E-state index contributed by atoms with van der Waals surface area (Å²) in [7, 11) is 2.06. The van der Waals surface area contributed by atoms with Crippen LogP contribution in [0.5, 0.6) is 5.75 Å². The number of hydrogen-bond acceptors (Lipinski definition) is 3. The fourth-order valence-corrected chi connectivity index (χ4v) is 3.29. The molecule has 0 bridgehead atoms. The van der Waals surface area contributed by atoms with E-state index in [4.69, 9.17) is 0 Å². The van der Waals surface area contributed by atoms with Crippen LogP contribution in [0.4, 0.5) is 0 Å². The van der Waals surface area contributed by atoms with Crippen molar-refractivity contribution in [2.24, 2.45) is 0 Å². The Morgan fingerprint density at radius 3 is 2.54 bits per heavy atom. The number of para-hydroxylation sites is 1. The first-order chi connectivity index (χ1) is 12.7. The molecule has 26 heavy (non-hydrogen) atoms. The van der Waals surface area contributed by atoms with Gasteiger partial charge in [0, 0.05) is 30.4 Å². The maximum absolute atomic E-state index is 10.3. The third-order valence-corrected chi connectivity index (χ3v) is 4.55. The van der Waals surface area contributed by atoms with Crippen molar-refractivity contribution in [3.8, 4) is 11.4 Å². The molecule has 4 aromatic rings. The average Bonchev–Trinajstić information content (AvgIpc) is 3.13. The lowest BCUT2D eigenvalue weighted by Gasteiger charge is -2.18. The number of nitrogens with zero attached hydrogens (tertiary/aromatic N) is 3. The number of benzene rings is 3. The topological polar surface area (TPSA) is 41.3 Å². The van der Waals surface area contributed by atoms with Gasteiger partial charge in [0.05, 0.1) is 11.9 Å². The van der Waals surface area contributed by atoms with Crippen molar-refractivity contribution in [3.05, 3.63) is 90.3 Å². The first-order valence-corrected chi connectivity index (χ1v) is 8.68. The molecule has 0 spiro atoms. The molecule has 0 atom stereocenters. The molecule has 0 aliphatic carbocycles. The summed E-state index contributed by atoms with van der Waals surface area (Å²) in [6, 6.07) is 22.0. The van der Waals surface area contributed by atoms with Crippen LogP contribution in [0.25, 0.3) is 16.5 Å². The fraction of sp³-hybridized carbons (Fsp3) is 0.136. The van der Waals surface area contributed by atoms with Crippen LogP contribution < -0.4 is 0 Å². The number of hydrogen-bond donors (Lipinski definition) is 1. The Balaban J connectivity index is 1.52. The van der Waals surface area contributed by atoms with Gasteiger partial charge in [-0.25, -0.2) is 4.68 Å². The van der Waals surface area contributed by atoms with Gasteiger partial charge in [-0.1, -0.05) is 48.5 Å².